The number of unbranched alkanes of at least 4 members (excludes halogenated alkanes) is 15. The minimum absolute atomic E-state index is 0.135. The van der Waals surface area contributed by atoms with Crippen LogP contribution < -0.4 is 0 Å². The molecule has 0 fully saturated rings. The van der Waals surface area contributed by atoms with E-state index in [4.69, 9.17) is 43.6 Å². The summed E-state index contributed by atoms with van der Waals surface area (Å²) >= 11 is 0. The number of rotatable bonds is 57. The number of aliphatic hydroxyl groups is 3. The van der Waals surface area contributed by atoms with Gasteiger partial charge >= 0.3 is 25.7 Å². The maximum absolute atomic E-state index is 13.7. The fourth-order valence-corrected chi connectivity index (χ4v) is 8.80. The number of carbonyl (C=O) groups excluding carboxylic acids is 3. The second-order valence-electron chi connectivity index (χ2n) is 20.0. The molecule has 0 aromatic carbocycles. The first kappa shape index (κ1) is 78.8. The summed E-state index contributed by atoms with van der Waals surface area (Å²) in [4.78, 5) is 50.7. The topological polar surface area (TPSA) is 273 Å². The third kappa shape index (κ3) is 53.1. The molecule has 0 saturated carbocycles. The zero-order valence-electron chi connectivity index (χ0n) is 50.1. The summed E-state index contributed by atoms with van der Waals surface area (Å²) in [5, 5.41) is 58.8. The van der Waals surface area contributed by atoms with E-state index in [0.717, 1.165) is 116 Å². The van der Waals surface area contributed by atoms with Gasteiger partial charge in [0.05, 0.1) is 19.8 Å². The summed E-state index contributed by atoms with van der Waals surface area (Å²) in [6.45, 7) is 2.62. The zero-order chi connectivity index (χ0) is 61.1. The van der Waals surface area contributed by atoms with Crippen LogP contribution in [0, 0.1) is 0 Å². The molecule has 0 heterocycles. The SMILES string of the molecule is CC/C=C/CC(/C=C/C=C/CCCCCCCC(=O)OC[C@H](O)COP(=O)(OC[C@@H](O)COC(=O)CCCCCCC/C=C/C=C/C(C/C=C/CC)OO)OC[C@@H](O)COC(=O)CCCCCCC/C=C/C=C/C(C/C=C/CC)OO)OO. The first-order valence-electron chi connectivity index (χ1n) is 30.2. The molecule has 20 heteroatoms. The fraction of sp³-hybridized carbons (Fsp3) is 0.667. The van der Waals surface area contributed by atoms with Crippen molar-refractivity contribution < 1.29 is 92.5 Å². The van der Waals surface area contributed by atoms with Gasteiger partial charge in [-0.3, -0.25) is 43.7 Å². The predicted octanol–water partition coefficient (Wildman–Crippen LogP) is 14.0. The molecular weight excluding hydrogens is 1090 g/mol. The average molecular weight is 1200 g/mol. The minimum atomic E-state index is -4.65. The molecule has 0 saturated heterocycles. The van der Waals surface area contributed by atoms with E-state index < -0.39 is 83.7 Å². The van der Waals surface area contributed by atoms with Crippen LogP contribution in [-0.2, 0) is 61.4 Å². The maximum Gasteiger partial charge on any atom is 0.475 e. The molecule has 0 aromatic heterocycles. The van der Waals surface area contributed by atoms with Crippen molar-refractivity contribution in [2.45, 2.75) is 231 Å². The average Bonchev–Trinajstić information content (AvgIpc) is 3.49. The normalized spacial score (nSPS) is 15.5. The summed E-state index contributed by atoms with van der Waals surface area (Å²) in [7, 11) is -4.65. The molecule has 3 unspecified atom stereocenters. The van der Waals surface area contributed by atoms with Crippen molar-refractivity contribution in [3.05, 3.63) is 109 Å². The van der Waals surface area contributed by atoms with E-state index >= 15 is 0 Å². The zero-order valence-corrected chi connectivity index (χ0v) is 51.0. The number of carbonyl (C=O) groups is 3. The van der Waals surface area contributed by atoms with E-state index in [1.54, 1.807) is 18.2 Å². The molecule has 0 rings (SSSR count). The molecule has 0 radical (unpaired) electrons. The second-order valence-corrected chi connectivity index (χ2v) is 21.7. The van der Waals surface area contributed by atoms with Gasteiger partial charge in [-0.1, -0.05) is 188 Å². The van der Waals surface area contributed by atoms with Crippen molar-refractivity contribution in [2.24, 2.45) is 0 Å². The molecule has 0 aliphatic carbocycles. The smallest absolute Gasteiger partial charge is 0.463 e. The van der Waals surface area contributed by atoms with E-state index in [1.807, 2.05) is 112 Å². The first-order chi connectivity index (χ1) is 40.3. The van der Waals surface area contributed by atoms with E-state index in [0.29, 0.717) is 38.5 Å². The minimum Gasteiger partial charge on any atom is -0.463 e. The lowest BCUT2D eigenvalue weighted by Crippen LogP contribution is -2.27. The van der Waals surface area contributed by atoms with Crippen molar-refractivity contribution in [1.29, 1.82) is 0 Å². The number of phosphoric ester groups is 1. The van der Waals surface area contributed by atoms with E-state index in [-0.39, 0.29) is 37.6 Å². The molecule has 0 amide bonds. The van der Waals surface area contributed by atoms with Gasteiger partial charge < -0.3 is 29.5 Å². The highest BCUT2D eigenvalue weighted by atomic mass is 31.2. The van der Waals surface area contributed by atoms with Crippen LogP contribution in [0.2, 0.25) is 0 Å². The molecular formula is C63H105O19P. The second kappa shape index (κ2) is 58.2. The fourth-order valence-electron chi connectivity index (χ4n) is 7.51. The van der Waals surface area contributed by atoms with Crippen molar-refractivity contribution in [3.63, 3.8) is 0 Å². The molecule has 19 nitrogen and oxygen atoms in total. The van der Waals surface area contributed by atoms with Crippen LogP contribution in [0.15, 0.2) is 109 Å². The maximum atomic E-state index is 13.7. The van der Waals surface area contributed by atoms with Gasteiger partial charge in [-0.2, -0.15) is 0 Å². The van der Waals surface area contributed by atoms with Crippen LogP contribution in [0.5, 0.6) is 0 Å². The number of phosphoric acid groups is 1. The summed E-state index contributed by atoms with van der Waals surface area (Å²) in [6.07, 6.45) is 49.7. The summed E-state index contributed by atoms with van der Waals surface area (Å²) < 4.78 is 45.3. The van der Waals surface area contributed by atoms with Gasteiger partial charge in [0.2, 0.25) is 0 Å². The van der Waals surface area contributed by atoms with Crippen LogP contribution in [0.1, 0.15) is 194 Å². The molecule has 0 bridgehead atoms. The molecule has 6 atom stereocenters. The molecule has 0 aliphatic rings. The van der Waals surface area contributed by atoms with Crippen LogP contribution in [-0.4, -0.2) is 125 Å². The molecule has 6 N–H and O–H groups in total. The van der Waals surface area contributed by atoms with E-state index in [9.17, 15) is 34.3 Å². The van der Waals surface area contributed by atoms with Crippen LogP contribution >= 0.6 is 7.82 Å². The lowest BCUT2D eigenvalue weighted by atomic mass is 10.1. The molecule has 83 heavy (non-hydrogen) atoms. The molecule has 0 aliphatic heterocycles. The molecule has 0 spiro atoms. The Labute approximate surface area is 496 Å². The Balaban J connectivity index is 4.92. The van der Waals surface area contributed by atoms with Gasteiger partial charge in [-0.25, -0.2) is 19.2 Å². The number of hydrogen-bond acceptors (Lipinski definition) is 19. The van der Waals surface area contributed by atoms with Gasteiger partial charge in [0.15, 0.2) is 0 Å². The largest absolute Gasteiger partial charge is 0.475 e. The number of esters is 3. The van der Waals surface area contributed by atoms with Gasteiger partial charge in [0.1, 0.15) is 56.4 Å². The third-order valence-corrected chi connectivity index (χ3v) is 13.7. The number of hydrogen-bond donors (Lipinski definition) is 6. The summed E-state index contributed by atoms with van der Waals surface area (Å²) in [6, 6.07) is 0. The first-order valence-corrected chi connectivity index (χ1v) is 31.7. The highest BCUT2D eigenvalue weighted by Gasteiger charge is 2.31. The quantitative estimate of drug-likeness (QED) is 0.00483. The van der Waals surface area contributed by atoms with Crippen molar-refractivity contribution in [1.82, 2.24) is 0 Å². The number of aliphatic hydroxyl groups excluding tert-OH is 3. The third-order valence-electron chi connectivity index (χ3n) is 12.3. The Morgan fingerprint density at radius 3 is 0.892 bits per heavy atom. The van der Waals surface area contributed by atoms with Gasteiger partial charge in [-0.15, -0.1) is 0 Å². The van der Waals surface area contributed by atoms with Crippen molar-refractivity contribution >= 4 is 25.7 Å². The Morgan fingerprint density at radius 2 is 0.627 bits per heavy atom. The summed E-state index contributed by atoms with van der Waals surface area (Å²) in [5.41, 5.74) is 0. The monoisotopic (exact) mass is 1200 g/mol. The Kier molecular flexibility index (Phi) is 55.3. The standard InChI is InChI=1S/C63H105O19P/c1-4-7-31-40-58(80-70)43-34-25-19-13-10-16-22-28-37-46-61(67)74-49-55(64)52-77-83(73,78-53-56(65)50-75-62(68)47-38-29-23-17-11-14-20-26-35-44-59(81-71)41-32-8-5-2)79-54-57(66)51-76-63(69)48-39-30-24-18-12-15-21-27-36-45-60(82-72)42-33-9-6-3/h7-9,19-21,25-27,31-36,43-45,55-60,64-66,70-72H,4-6,10-18,22-24,28-30,37-42,46-54H2,1-3H3/b25-19+,26-20+,27-21+,31-7+,32-8+,33-9+,43-34+,44-35+,45-36+/t55-,56-,57-,58?,59?,60?,83?/m0/s1. The Hall–Kier alpha value is -4.18. The van der Waals surface area contributed by atoms with E-state index in [2.05, 4.69) is 14.7 Å². The van der Waals surface area contributed by atoms with Crippen LogP contribution in [0.3, 0.4) is 0 Å². The lowest BCUT2D eigenvalue weighted by molar-refractivity contribution is -0.264. The van der Waals surface area contributed by atoms with Gasteiger partial charge in [0, 0.05) is 19.3 Å². The Morgan fingerprint density at radius 1 is 0.361 bits per heavy atom. The van der Waals surface area contributed by atoms with Crippen molar-refractivity contribution in [3.8, 4) is 0 Å². The van der Waals surface area contributed by atoms with Crippen LogP contribution in [0.25, 0.3) is 0 Å². The summed E-state index contributed by atoms with van der Waals surface area (Å²) in [5.74, 6) is -1.60. The number of ether oxygens (including phenoxy) is 3. The van der Waals surface area contributed by atoms with Crippen molar-refractivity contribution in [2.75, 3.05) is 39.6 Å². The van der Waals surface area contributed by atoms with Gasteiger partial charge in [0.25, 0.3) is 0 Å². The van der Waals surface area contributed by atoms with Crippen LogP contribution in [0.4, 0.5) is 0 Å². The molecule has 476 valence electrons. The van der Waals surface area contributed by atoms with Gasteiger partial charge in [-0.05, 0) is 96.3 Å². The highest BCUT2D eigenvalue weighted by molar-refractivity contribution is 7.48. The van der Waals surface area contributed by atoms with E-state index in [1.165, 1.54) is 0 Å². The predicted molar refractivity (Wildman–Crippen MR) is 323 cm³/mol. The highest BCUT2D eigenvalue weighted by Crippen LogP contribution is 2.49. The molecule has 0 aromatic rings. The number of allylic oxidation sites excluding steroid dienone is 12. The Bertz CT molecular complexity index is 1690. The lowest BCUT2D eigenvalue weighted by Gasteiger charge is -2.22.